The average Bonchev–Trinajstić information content (AvgIpc) is 1.68. The molecule has 0 aromatic rings. The van der Waals surface area contributed by atoms with Crippen LogP contribution >= 0.6 is 0 Å². The van der Waals surface area contributed by atoms with E-state index in [4.69, 9.17) is 5.73 Å². The van der Waals surface area contributed by atoms with Crippen LogP contribution in [0.3, 0.4) is 0 Å². The highest BCUT2D eigenvalue weighted by molar-refractivity contribution is 4.53. The summed E-state index contributed by atoms with van der Waals surface area (Å²) in [6, 6.07) is 0. The molecule has 42 valence electrons. The van der Waals surface area contributed by atoms with Gasteiger partial charge in [-0.1, -0.05) is 12.1 Å². The fourth-order valence-corrected chi connectivity index (χ4v) is 0.202. The van der Waals surface area contributed by atoms with Crippen molar-refractivity contribution in [2.45, 2.75) is 6.92 Å². The lowest BCUT2D eigenvalue weighted by atomic mass is 10.2. The number of nitrogens with zero attached hydrogens (tertiary/aromatic N) is 1. The molecule has 7 heavy (non-hydrogen) atoms. The minimum atomic E-state index is 0.248. The normalized spacial score (nSPS) is 13.4. The van der Waals surface area contributed by atoms with E-state index in [2.05, 4.69) is 5.18 Å². The third kappa shape index (κ3) is 3.39. The molecule has 0 aromatic heterocycles. The Morgan fingerprint density at radius 2 is 2.43 bits per heavy atom. The van der Waals surface area contributed by atoms with Gasteiger partial charge in [-0.3, -0.25) is 0 Å². The summed E-state index contributed by atoms with van der Waals surface area (Å²) in [6.07, 6.45) is 0. The fraction of sp³-hybridized carbons (Fsp3) is 1.00. The lowest BCUT2D eigenvalue weighted by Gasteiger charge is -1.97. The number of hydrogen-bond acceptors (Lipinski definition) is 3. The molecule has 0 fully saturated rings. The highest BCUT2D eigenvalue weighted by Crippen LogP contribution is 1.88. The maximum absolute atomic E-state index is 9.47. The first-order chi connectivity index (χ1) is 3.31. The predicted octanol–water partition coefficient (Wildman–Crippen LogP) is 0.348. The molecule has 0 aliphatic carbocycles. The molecule has 3 heteroatoms. The Morgan fingerprint density at radius 3 is 2.57 bits per heavy atom. The lowest BCUT2D eigenvalue weighted by Crippen LogP contribution is -2.12. The van der Waals surface area contributed by atoms with Gasteiger partial charge in [0.1, 0.15) is 0 Å². The predicted molar refractivity (Wildman–Crippen MR) is 28.9 cm³/mol. The van der Waals surface area contributed by atoms with Gasteiger partial charge in [-0.15, -0.1) is 0 Å². The van der Waals surface area contributed by atoms with E-state index < -0.39 is 0 Å². The van der Waals surface area contributed by atoms with Crippen molar-refractivity contribution in [1.29, 1.82) is 0 Å². The van der Waals surface area contributed by atoms with Crippen LogP contribution in [0, 0.1) is 10.8 Å². The Hall–Kier alpha value is -0.440. The number of nitroso groups, excluding NO2 is 1. The van der Waals surface area contributed by atoms with Crippen molar-refractivity contribution in [2.75, 3.05) is 13.1 Å². The first kappa shape index (κ1) is 6.56. The second-order valence-corrected chi connectivity index (χ2v) is 1.65. The summed E-state index contributed by atoms with van der Waals surface area (Å²) >= 11 is 0. The summed E-state index contributed by atoms with van der Waals surface area (Å²) in [5.41, 5.74) is 5.16. The van der Waals surface area contributed by atoms with Crippen molar-refractivity contribution < 1.29 is 0 Å². The van der Waals surface area contributed by atoms with Gasteiger partial charge in [0.2, 0.25) is 0 Å². The Morgan fingerprint density at radius 1 is 1.86 bits per heavy atom. The molecule has 0 saturated heterocycles. The Labute approximate surface area is 42.9 Å². The van der Waals surface area contributed by atoms with Gasteiger partial charge in [-0.05, 0) is 12.5 Å². The largest absolute Gasteiger partial charge is 0.330 e. The van der Waals surface area contributed by atoms with Crippen LogP contribution < -0.4 is 5.73 Å². The molecule has 0 saturated carbocycles. The SMILES string of the molecule is CC(CN)CN=O. The maximum atomic E-state index is 9.47. The summed E-state index contributed by atoms with van der Waals surface area (Å²) < 4.78 is 0. The molecule has 0 bridgehead atoms. The van der Waals surface area contributed by atoms with Crippen LogP contribution in [0.15, 0.2) is 5.18 Å². The molecular weight excluding hydrogens is 92.1 g/mol. The van der Waals surface area contributed by atoms with Gasteiger partial charge in [0.05, 0.1) is 6.54 Å². The Balaban J connectivity index is 2.98. The average molecular weight is 102 g/mol. The summed E-state index contributed by atoms with van der Waals surface area (Å²) in [5, 5.41) is 2.68. The van der Waals surface area contributed by atoms with Crippen LogP contribution in [0.4, 0.5) is 0 Å². The zero-order chi connectivity index (χ0) is 5.70. The van der Waals surface area contributed by atoms with Crippen LogP contribution in [-0.4, -0.2) is 13.1 Å². The topological polar surface area (TPSA) is 55.4 Å². The van der Waals surface area contributed by atoms with E-state index >= 15 is 0 Å². The second-order valence-electron chi connectivity index (χ2n) is 1.65. The van der Waals surface area contributed by atoms with Crippen molar-refractivity contribution in [3.63, 3.8) is 0 Å². The van der Waals surface area contributed by atoms with Crippen molar-refractivity contribution in [2.24, 2.45) is 16.8 Å². The zero-order valence-electron chi connectivity index (χ0n) is 4.42. The minimum absolute atomic E-state index is 0.248. The Kier molecular flexibility index (Phi) is 3.50. The molecule has 0 aliphatic rings. The van der Waals surface area contributed by atoms with E-state index in [1.807, 2.05) is 6.92 Å². The second kappa shape index (κ2) is 3.74. The van der Waals surface area contributed by atoms with Crippen molar-refractivity contribution >= 4 is 0 Å². The van der Waals surface area contributed by atoms with E-state index in [1.54, 1.807) is 0 Å². The Bertz CT molecular complexity index is 55.7. The smallest absolute Gasteiger partial charge is 0.0848 e. The van der Waals surface area contributed by atoms with E-state index in [9.17, 15) is 4.91 Å². The fourth-order valence-electron chi connectivity index (χ4n) is 0.202. The van der Waals surface area contributed by atoms with E-state index in [1.165, 1.54) is 0 Å². The molecule has 0 amide bonds. The molecule has 0 heterocycles. The van der Waals surface area contributed by atoms with Gasteiger partial charge >= 0.3 is 0 Å². The highest BCUT2D eigenvalue weighted by Gasteiger charge is 1.94. The first-order valence-electron chi connectivity index (χ1n) is 2.30. The van der Waals surface area contributed by atoms with Crippen LogP contribution in [0.2, 0.25) is 0 Å². The minimum Gasteiger partial charge on any atom is -0.330 e. The molecule has 0 spiro atoms. The third-order valence-electron chi connectivity index (χ3n) is 0.789. The standard InChI is InChI=1S/C4H10N2O/c1-4(2-5)3-6-7/h4H,2-3,5H2,1H3. The number of hydrogen-bond donors (Lipinski definition) is 1. The summed E-state index contributed by atoms with van der Waals surface area (Å²) in [7, 11) is 0. The summed E-state index contributed by atoms with van der Waals surface area (Å²) in [6.45, 7) is 2.78. The van der Waals surface area contributed by atoms with Crippen LogP contribution in [0.5, 0.6) is 0 Å². The number of nitrogens with two attached hydrogens (primary N) is 1. The van der Waals surface area contributed by atoms with Gasteiger partial charge in [0, 0.05) is 0 Å². The highest BCUT2D eigenvalue weighted by atomic mass is 16.3. The van der Waals surface area contributed by atoms with Gasteiger partial charge < -0.3 is 5.73 Å². The molecule has 2 N–H and O–H groups in total. The molecule has 0 rings (SSSR count). The lowest BCUT2D eigenvalue weighted by molar-refractivity contribution is 0.608. The summed E-state index contributed by atoms with van der Waals surface area (Å²) in [4.78, 5) is 9.47. The molecular formula is C4H10N2O. The monoisotopic (exact) mass is 102 g/mol. The van der Waals surface area contributed by atoms with Crippen molar-refractivity contribution in [3.05, 3.63) is 4.91 Å². The van der Waals surface area contributed by atoms with Crippen LogP contribution in [0.25, 0.3) is 0 Å². The van der Waals surface area contributed by atoms with Crippen molar-refractivity contribution in [1.82, 2.24) is 0 Å². The maximum Gasteiger partial charge on any atom is 0.0848 e. The van der Waals surface area contributed by atoms with Gasteiger partial charge in [0.25, 0.3) is 0 Å². The summed E-state index contributed by atoms with van der Waals surface area (Å²) in [5.74, 6) is 0.248. The quantitative estimate of drug-likeness (QED) is 0.522. The van der Waals surface area contributed by atoms with Crippen LogP contribution in [-0.2, 0) is 0 Å². The molecule has 1 unspecified atom stereocenters. The van der Waals surface area contributed by atoms with Gasteiger partial charge in [-0.25, -0.2) is 0 Å². The molecule has 0 radical (unpaired) electrons. The van der Waals surface area contributed by atoms with E-state index in [0.717, 1.165) is 0 Å². The molecule has 3 nitrogen and oxygen atoms in total. The molecule has 1 atom stereocenters. The van der Waals surface area contributed by atoms with Crippen LogP contribution in [0.1, 0.15) is 6.92 Å². The van der Waals surface area contributed by atoms with E-state index in [-0.39, 0.29) is 5.92 Å². The van der Waals surface area contributed by atoms with Gasteiger partial charge in [-0.2, -0.15) is 4.91 Å². The molecule has 0 aliphatic heterocycles. The third-order valence-corrected chi connectivity index (χ3v) is 0.789. The molecule has 0 aromatic carbocycles. The zero-order valence-corrected chi connectivity index (χ0v) is 4.42. The number of rotatable bonds is 3. The van der Waals surface area contributed by atoms with E-state index in [0.29, 0.717) is 13.1 Å². The van der Waals surface area contributed by atoms with Gasteiger partial charge in [0.15, 0.2) is 0 Å². The van der Waals surface area contributed by atoms with Crippen molar-refractivity contribution in [3.8, 4) is 0 Å². The first-order valence-corrected chi connectivity index (χ1v) is 2.30.